The zero-order chi connectivity index (χ0) is 12.2. The molecule has 0 unspecified atom stereocenters. The molecule has 0 amide bonds. The summed E-state index contributed by atoms with van der Waals surface area (Å²) in [6, 6.07) is 2.07. The van der Waals surface area contributed by atoms with Crippen LogP contribution in [0, 0.1) is 6.92 Å². The van der Waals surface area contributed by atoms with Gasteiger partial charge in [-0.25, -0.2) is 0 Å². The van der Waals surface area contributed by atoms with Crippen LogP contribution in [0.1, 0.15) is 44.8 Å². The molecule has 0 radical (unpaired) electrons. The van der Waals surface area contributed by atoms with Crippen LogP contribution in [0.3, 0.4) is 0 Å². The molecule has 0 aliphatic carbocycles. The zero-order valence-electron chi connectivity index (χ0n) is 11.0. The highest BCUT2D eigenvalue weighted by Gasteiger charge is 2.12. The molecule has 1 N–H and O–H groups in total. The second kappa shape index (κ2) is 5.51. The lowest BCUT2D eigenvalue weighted by Gasteiger charge is -2.20. The van der Waals surface area contributed by atoms with Crippen molar-refractivity contribution in [2.75, 3.05) is 6.61 Å². The number of hydrogen-bond donors (Lipinski definition) is 1. The number of furan rings is 1. The van der Waals surface area contributed by atoms with Crippen LogP contribution in [0.25, 0.3) is 0 Å². The highest BCUT2D eigenvalue weighted by atomic mass is 16.5. The van der Waals surface area contributed by atoms with Crippen molar-refractivity contribution in [3.63, 3.8) is 0 Å². The van der Waals surface area contributed by atoms with Gasteiger partial charge in [0.05, 0.1) is 0 Å². The Labute approximate surface area is 98.2 Å². The van der Waals surface area contributed by atoms with Gasteiger partial charge in [0.15, 0.2) is 0 Å². The molecular formula is C13H23NO2. The summed E-state index contributed by atoms with van der Waals surface area (Å²) >= 11 is 0. The number of aryl methyl sites for hydroxylation is 1. The Morgan fingerprint density at radius 3 is 2.62 bits per heavy atom. The fraction of sp³-hybridized carbons (Fsp3) is 0.692. The van der Waals surface area contributed by atoms with E-state index in [1.807, 2.05) is 13.8 Å². The van der Waals surface area contributed by atoms with Crippen molar-refractivity contribution in [1.82, 2.24) is 5.32 Å². The summed E-state index contributed by atoms with van der Waals surface area (Å²) in [7, 11) is 0. The smallest absolute Gasteiger partial charge is 0.130 e. The van der Waals surface area contributed by atoms with Crippen LogP contribution in [-0.2, 0) is 17.9 Å². The van der Waals surface area contributed by atoms with E-state index < -0.39 is 0 Å². The second-order valence-electron chi connectivity index (χ2n) is 5.03. The van der Waals surface area contributed by atoms with Crippen molar-refractivity contribution in [1.29, 1.82) is 0 Å². The number of nitrogens with one attached hydrogen (secondary N) is 1. The van der Waals surface area contributed by atoms with Gasteiger partial charge >= 0.3 is 0 Å². The summed E-state index contributed by atoms with van der Waals surface area (Å²) < 4.78 is 10.9. The minimum absolute atomic E-state index is 0.129. The lowest BCUT2D eigenvalue weighted by atomic mass is 10.1. The van der Waals surface area contributed by atoms with Crippen LogP contribution in [0.4, 0.5) is 0 Å². The van der Waals surface area contributed by atoms with Crippen molar-refractivity contribution >= 4 is 0 Å². The molecule has 1 rings (SSSR count). The van der Waals surface area contributed by atoms with Gasteiger partial charge in [-0.3, -0.25) is 0 Å². The minimum Gasteiger partial charge on any atom is -0.464 e. The van der Waals surface area contributed by atoms with Gasteiger partial charge in [0.25, 0.3) is 0 Å². The van der Waals surface area contributed by atoms with E-state index in [0.717, 1.165) is 24.7 Å². The normalized spacial score (nSPS) is 12.1. The highest BCUT2D eigenvalue weighted by Crippen LogP contribution is 2.16. The van der Waals surface area contributed by atoms with Gasteiger partial charge in [-0.1, -0.05) is 0 Å². The van der Waals surface area contributed by atoms with Crippen LogP contribution in [0.5, 0.6) is 0 Å². The summed E-state index contributed by atoms with van der Waals surface area (Å²) in [6.07, 6.45) is 0. The maximum Gasteiger partial charge on any atom is 0.130 e. The molecule has 0 fully saturated rings. The maximum absolute atomic E-state index is 5.62. The van der Waals surface area contributed by atoms with E-state index in [1.165, 1.54) is 5.56 Å². The third-order valence-corrected chi connectivity index (χ3v) is 2.33. The van der Waals surface area contributed by atoms with Crippen molar-refractivity contribution in [2.24, 2.45) is 0 Å². The molecule has 0 aromatic carbocycles. The summed E-state index contributed by atoms with van der Waals surface area (Å²) in [5, 5.41) is 3.45. The van der Waals surface area contributed by atoms with Crippen molar-refractivity contribution < 1.29 is 9.15 Å². The third kappa shape index (κ3) is 4.37. The molecule has 3 heteroatoms. The molecule has 0 aliphatic heterocycles. The van der Waals surface area contributed by atoms with E-state index in [-0.39, 0.29) is 5.54 Å². The van der Waals surface area contributed by atoms with Crippen LogP contribution in [0.15, 0.2) is 10.5 Å². The Hall–Kier alpha value is -0.800. The molecule has 0 bridgehead atoms. The van der Waals surface area contributed by atoms with E-state index in [2.05, 4.69) is 32.2 Å². The average Bonchev–Trinajstić information content (AvgIpc) is 2.52. The fourth-order valence-corrected chi connectivity index (χ4v) is 1.40. The van der Waals surface area contributed by atoms with Gasteiger partial charge in [-0.15, -0.1) is 0 Å². The molecule has 1 heterocycles. The molecule has 0 atom stereocenters. The monoisotopic (exact) mass is 225 g/mol. The molecule has 0 saturated carbocycles. The largest absolute Gasteiger partial charge is 0.464 e. The Morgan fingerprint density at radius 1 is 1.38 bits per heavy atom. The van der Waals surface area contributed by atoms with Crippen LogP contribution >= 0.6 is 0 Å². The van der Waals surface area contributed by atoms with Crippen LogP contribution < -0.4 is 5.32 Å². The predicted octanol–water partition coefficient (Wildman–Crippen LogP) is 3.01. The quantitative estimate of drug-likeness (QED) is 0.836. The first-order valence-electron chi connectivity index (χ1n) is 5.83. The first kappa shape index (κ1) is 13.3. The molecule has 16 heavy (non-hydrogen) atoms. The minimum atomic E-state index is 0.129. The Balaban J connectivity index is 2.56. The number of hydrogen-bond acceptors (Lipinski definition) is 3. The van der Waals surface area contributed by atoms with Crippen LogP contribution in [-0.4, -0.2) is 12.1 Å². The Kier molecular flexibility index (Phi) is 4.56. The van der Waals surface area contributed by atoms with E-state index in [0.29, 0.717) is 6.61 Å². The van der Waals surface area contributed by atoms with Gasteiger partial charge in [0, 0.05) is 24.3 Å². The average molecular weight is 225 g/mol. The van der Waals surface area contributed by atoms with Gasteiger partial charge in [-0.05, 0) is 40.7 Å². The Bertz CT molecular complexity index is 323. The van der Waals surface area contributed by atoms with E-state index in [1.54, 1.807) is 0 Å². The SMILES string of the molecule is CCOCc1cc(CNC(C)(C)C)c(C)o1. The summed E-state index contributed by atoms with van der Waals surface area (Å²) in [4.78, 5) is 0. The molecular weight excluding hydrogens is 202 g/mol. The summed E-state index contributed by atoms with van der Waals surface area (Å²) in [5.74, 6) is 1.89. The molecule has 1 aromatic rings. The van der Waals surface area contributed by atoms with Gasteiger partial charge in [0.1, 0.15) is 18.1 Å². The fourth-order valence-electron chi connectivity index (χ4n) is 1.40. The summed E-state index contributed by atoms with van der Waals surface area (Å²) in [5.41, 5.74) is 1.34. The topological polar surface area (TPSA) is 34.4 Å². The standard InChI is InChI=1S/C13H23NO2/c1-6-15-9-12-7-11(10(2)16-12)8-14-13(3,4)5/h7,14H,6,8-9H2,1-5H3. The zero-order valence-corrected chi connectivity index (χ0v) is 11.0. The Morgan fingerprint density at radius 2 is 2.06 bits per heavy atom. The van der Waals surface area contributed by atoms with E-state index >= 15 is 0 Å². The molecule has 0 saturated heterocycles. The number of rotatable bonds is 5. The predicted molar refractivity (Wildman–Crippen MR) is 65.4 cm³/mol. The van der Waals surface area contributed by atoms with E-state index in [4.69, 9.17) is 9.15 Å². The summed E-state index contributed by atoms with van der Waals surface area (Å²) in [6.45, 7) is 12.6. The highest BCUT2D eigenvalue weighted by molar-refractivity contribution is 5.20. The maximum atomic E-state index is 5.62. The number of ether oxygens (including phenoxy) is 1. The van der Waals surface area contributed by atoms with E-state index in [9.17, 15) is 0 Å². The molecule has 0 aliphatic rings. The van der Waals surface area contributed by atoms with Gasteiger partial charge in [-0.2, -0.15) is 0 Å². The lowest BCUT2D eigenvalue weighted by molar-refractivity contribution is 0.117. The first-order chi connectivity index (χ1) is 7.42. The van der Waals surface area contributed by atoms with Crippen molar-refractivity contribution in [2.45, 2.75) is 53.3 Å². The molecule has 1 aromatic heterocycles. The van der Waals surface area contributed by atoms with Crippen molar-refractivity contribution in [3.05, 3.63) is 23.2 Å². The molecule has 3 nitrogen and oxygen atoms in total. The van der Waals surface area contributed by atoms with Gasteiger partial charge < -0.3 is 14.5 Å². The second-order valence-corrected chi connectivity index (χ2v) is 5.03. The van der Waals surface area contributed by atoms with Crippen LogP contribution in [0.2, 0.25) is 0 Å². The molecule has 92 valence electrons. The first-order valence-corrected chi connectivity index (χ1v) is 5.83. The van der Waals surface area contributed by atoms with Crippen molar-refractivity contribution in [3.8, 4) is 0 Å². The lowest BCUT2D eigenvalue weighted by Crippen LogP contribution is -2.35. The third-order valence-electron chi connectivity index (χ3n) is 2.33. The molecule has 0 spiro atoms. The van der Waals surface area contributed by atoms with Gasteiger partial charge in [0.2, 0.25) is 0 Å².